The summed E-state index contributed by atoms with van der Waals surface area (Å²) in [5, 5.41) is 6.08. The van der Waals surface area contributed by atoms with E-state index in [-0.39, 0.29) is 5.91 Å². The van der Waals surface area contributed by atoms with E-state index in [1.165, 1.54) is 0 Å². The van der Waals surface area contributed by atoms with E-state index in [2.05, 4.69) is 34.0 Å². The summed E-state index contributed by atoms with van der Waals surface area (Å²) in [4.78, 5) is 20.7. The second-order valence-corrected chi connectivity index (χ2v) is 5.43. The highest BCUT2D eigenvalue weighted by Crippen LogP contribution is 2.30. The van der Waals surface area contributed by atoms with Crippen LogP contribution in [0.3, 0.4) is 0 Å². The molecule has 0 saturated heterocycles. The third kappa shape index (κ3) is 3.73. The Kier molecular flexibility index (Phi) is 5.27. The van der Waals surface area contributed by atoms with Crippen LogP contribution in [0.5, 0.6) is 0 Å². The molecule has 0 aromatic carbocycles. The van der Waals surface area contributed by atoms with Crippen LogP contribution >= 0.6 is 11.8 Å². The molecule has 0 fully saturated rings. The van der Waals surface area contributed by atoms with Crippen LogP contribution in [0.4, 0.5) is 0 Å². The van der Waals surface area contributed by atoms with Crippen LogP contribution in [0.1, 0.15) is 20.3 Å². The predicted molar refractivity (Wildman–Crippen MR) is 80.1 cm³/mol. The van der Waals surface area contributed by atoms with Crippen molar-refractivity contribution in [3.63, 3.8) is 0 Å². The molecule has 5 nitrogen and oxygen atoms in total. The first-order chi connectivity index (χ1) is 9.24. The number of nitrogens with one attached hydrogen (secondary N) is 1. The van der Waals surface area contributed by atoms with Gasteiger partial charge in [-0.3, -0.25) is 9.79 Å². The lowest BCUT2D eigenvalue weighted by Gasteiger charge is -2.19. The van der Waals surface area contributed by atoms with Gasteiger partial charge >= 0.3 is 0 Å². The largest absolute Gasteiger partial charge is 0.354 e. The Hall–Kier alpha value is -1.01. The minimum Gasteiger partial charge on any atom is -0.354 e. The van der Waals surface area contributed by atoms with E-state index in [9.17, 15) is 4.79 Å². The number of nitrogens with zero attached hydrogens (tertiary/aromatic N) is 3. The highest BCUT2D eigenvalue weighted by Gasteiger charge is 2.27. The lowest BCUT2D eigenvalue weighted by Crippen LogP contribution is -2.35. The van der Waals surface area contributed by atoms with Crippen LogP contribution in [0.15, 0.2) is 16.1 Å². The van der Waals surface area contributed by atoms with Crippen LogP contribution in [0.25, 0.3) is 0 Å². The first kappa shape index (κ1) is 14.4. The number of amidine groups is 1. The third-order valence-corrected chi connectivity index (χ3v) is 4.39. The molecule has 0 bridgehead atoms. The zero-order valence-electron chi connectivity index (χ0n) is 11.7. The van der Waals surface area contributed by atoms with Crippen molar-refractivity contribution in [2.45, 2.75) is 20.3 Å². The molecule has 0 saturated carbocycles. The Bertz CT molecular complexity index is 390. The molecule has 2 rings (SSSR count). The summed E-state index contributed by atoms with van der Waals surface area (Å²) in [6, 6.07) is 0. The first-order valence-electron chi connectivity index (χ1n) is 6.91. The molecule has 0 aliphatic carbocycles. The number of thioether (sulfide) groups is 1. The number of carbonyl (C=O) groups is 1. The van der Waals surface area contributed by atoms with Crippen LogP contribution in [0.2, 0.25) is 0 Å². The van der Waals surface area contributed by atoms with E-state index >= 15 is 0 Å². The Balaban J connectivity index is 1.69. The molecule has 0 atom stereocenters. The molecule has 2 aliphatic rings. The molecule has 2 heterocycles. The van der Waals surface area contributed by atoms with Gasteiger partial charge in [0.1, 0.15) is 0 Å². The van der Waals surface area contributed by atoms with Gasteiger partial charge in [-0.1, -0.05) is 25.6 Å². The SMILES string of the molecule is CCN(CC)CCNC(=O)CC1=CSC2=NCCN12. The van der Waals surface area contributed by atoms with Gasteiger partial charge in [-0.2, -0.15) is 0 Å². The average Bonchev–Trinajstić information content (AvgIpc) is 3.00. The predicted octanol–water partition coefficient (Wildman–Crippen LogP) is 1.09. The number of rotatable bonds is 7. The lowest BCUT2D eigenvalue weighted by atomic mass is 10.3. The van der Waals surface area contributed by atoms with Crippen molar-refractivity contribution in [2.24, 2.45) is 4.99 Å². The third-order valence-electron chi connectivity index (χ3n) is 3.43. The summed E-state index contributed by atoms with van der Waals surface area (Å²) in [6.07, 6.45) is 0.463. The zero-order chi connectivity index (χ0) is 13.7. The topological polar surface area (TPSA) is 47.9 Å². The molecule has 2 aliphatic heterocycles. The second kappa shape index (κ2) is 6.96. The maximum Gasteiger partial charge on any atom is 0.226 e. The lowest BCUT2D eigenvalue weighted by molar-refractivity contribution is -0.120. The minimum atomic E-state index is 0.104. The molecule has 0 radical (unpaired) electrons. The summed E-state index contributed by atoms with van der Waals surface area (Å²) in [5.74, 6) is 0.104. The number of amides is 1. The van der Waals surface area contributed by atoms with Crippen LogP contribution in [-0.4, -0.2) is 60.1 Å². The van der Waals surface area contributed by atoms with Gasteiger partial charge in [0.05, 0.1) is 13.0 Å². The van der Waals surface area contributed by atoms with Gasteiger partial charge in [-0.15, -0.1) is 0 Å². The summed E-state index contributed by atoms with van der Waals surface area (Å²) in [7, 11) is 0. The highest BCUT2D eigenvalue weighted by molar-refractivity contribution is 8.16. The van der Waals surface area contributed by atoms with E-state index in [1.54, 1.807) is 11.8 Å². The Morgan fingerprint density at radius 1 is 1.53 bits per heavy atom. The molecule has 19 heavy (non-hydrogen) atoms. The smallest absolute Gasteiger partial charge is 0.226 e. The van der Waals surface area contributed by atoms with E-state index < -0.39 is 0 Å². The number of likely N-dealkylation sites (N-methyl/N-ethyl adjacent to an activating group) is 1. The Morgan fingerprint density at radius 2 is 2.32 bits per heavy atom. The van der Waals surface area contributed by atoms with Crippen molar-refractivity contribution in [2.75, 3.05) is 39.3 Å². The van der Waals surface area contributed by atoms with Gasteiger partial charge in [-0.25, -0.2) is 0 Å². The molecule has 0 aromatic heterocycles. The first-order valence-corrected chi connectivity index (χ1v) is 7.79. The molecular formula is C13H22N4OS. The van der Waals surface area contributed by atoms with Crippen molar-refractivity contribution in [1.82, 2.24) is 15.1 Å². The monoisotopic (exact) mass is 282 g/mol. The molecule has 1 N–H and O–H groups in total. The van der Waals surface area contributed by atoms with Gasteiger partial charge in [0.25, 0.3) is 0 Å². The number of hydrogen-bond donors (Lipinski definition) is 1. The molecule has 0 aromatic rings. The summed E-state index contributed by atoms with van der Waals surface area (Å²) in [5.41, 5.74) is 1.08. The maximum absolute atomic E-state index is 11.9. The van der Waals surface area contributed by atoms with Crippen LogP contribution in [-0.2, 0) is 4.79 Å². The quantitative estimate of drug-likeness (QED) is 0.759. The van der Waals surface area contributed by atoms with E-state index in [4.69, 9.17) is 0 Å². The molecule has 0 spiro atoms. The molecule has 6 heteroatoms. The fourth-order valence-electron chi connectivity index (χ4n) is 2.24. The fourth-order valence-corrected chi connectivity index (χ4v) is 3.19. The van der Waals surface area contributed by atoms with Crippen molar-refractivity contribution in [1.29, 1.82) is 0 Å². The second-order valence-electron chi connectivity index (χ2n) is 4.60. The zero-order valence-corrected chi connectivity index (χ0v) is 12.5. The van der Waals surface area contributed by atoms with Gasteiger partial charge in [0, 0.05) is 25.3 Å². The van der Waals surface area contributed by atoms with Crippen molar-refractivity contribution in [3.05, 3.63) is 11.1 Å². The normalized spacial score (nSPS) is 17.5. The van der Waals surface area contributed by atoms with E-state index in [1.807, 2.05) is 5.41 Å². The number of aliphatic imine (C=N–C) groups is 1. The standard InChI is InChI=1S/C13H22N4OS/c1-3-16(4-2)7-5-14-12(18)9-11-10-19-13-15-6-8-17(11)13/h10H,3-9H2,1-2H3,(H,14,18). The van der Waals surface area contributed by atoms with E-state index in [0.29, 0.717) is 6.42 Å². The minimum absolute atomic E-state index is 0.104. The van der Waals surface area contributed by atoms with Gasteiger partial charge in [0.2, 0.25) is 5.91 Å². The summed E-state index contributed by atoms with van der Waals surface area (Å²) < 4.78 is 0. The number of hydrogen-bond acceptors (Lipinski definition) is 5. The summed E-state index contributed by atoms with van der Waals surface area (Å²) >= 11 is 1.62. The van der Waals surface area contributed by atoms with E-state index in [0.717, 1.165) is 50.1 Å². The fraction of sp³-hybridized carbons (Fsp3) is 0.692. The van der Waals surface area contributed by atoms with Gasteiger partial charge in [0.15, 0.2) is 5.17 Å². The highest BCUT2D eigenvalue weighted by atomic mass is 32.2. The number of carbonyl (C=O) groups excluding carboxylic acids is 1. The Labute approximate surface area is 119 Å². The average molecular weight is 282 g/mol. The molecule has 0 unspecified atom stereocenters. The molecular weight excluding hydrogens is 260 g/mol. The molecule has 1 amide bonds. The van der Waals surface area contributed by atoms with Crippen molar-refractivity contribution >= 4 is 22.8 Å². The van der Waals surface area contributed by atoms with Gasteiger partial charge < -0.3 is 15.1 Å². The van der Waals surface area contributed by atoms with Crippen LogP contribution in [0, 0.1) is 0 Å². The van der Waals surface area contributed by atoms with Crippen LogP contribution < -0.4 is 5.32 Å². The van der Waals surface area contributed by atoms with Crippen molar-refractivity contribution in [3.8, 4) is 0 Å². The Morgan fingerprint density at radius 3 is 3.05 bits per heavy atom. The maximum atomic E-state index is 11.9. The summed E-state index contributed by atoms with van der Waals surface area (Å²) in [6.45, 7) is 9.75. The molecule has 106 valence electrons. The number of fused-ring (bicyclic) bond motifs is 1. The van der Waals surface area contributed by atoms with Crippen molar-refractivity contribution < 1.29 is 4.79 Å². The van der Waals surface area contributed by atoms with Gasteiger partial charge in [-0.05, 0) is 18.5 Å².